The Labute approximate surface area is 205 Å². The first-order chi connectivity index (χ1) is 16.7. The molecule has 0 radical (unpaired) electrons. The van der Waals surface area contributed by atoms with E-state index in [1.807, 2.05) is 38.1 Å². The molecule has 35 heavy (non-hydrogen) atoms. The third-order valence-electron chi connectivity index (χ3n) is 5.05. The first-order valence-corrected chi connectivity index (χ1v) is 12.6. The van der Waals surface area contributed by atoms with Gasteiger partial charge < -0.3 is 14.8 Å². The lowest BCUT2D eigenvalue weighted by Gasteiger charge is -2.25. The topological polar surface area (TPSA) is 84.9 Å². The van der Waals surface area contributed by atoms with E-state index in [0.29, 0.717) is 18.1 Å². The van der Waals surface area contributed by atoms with E-state index in [1.165, 1.54) is 24.3 Å². The van der Waals surface area contributed by atoms with Crippen LogP contribution in [0.15, 0.2) is 77.7 Å². The number of hydrogen-bond acceptors (Lipinski definition) is 5. The monoisotopic (exact) mass is 500 g/mol. The summed E-state index contributed by atoms with van der Waals surface area (Å²) in [5, 5.41) is 2.76. The number of hydrogen-bond donors (Lipinski definition) is 1. The fourth-order valence-corrected chi connectivity index (χ4v) is 4.69. The molecule has 0 bridgehead atoms. The Kier molecular flexibility index (Phi) is 8.70. The van der Waals surface area contributed by atoms with Crippen molar-refractivity contribution in [1.82, 2.24) is 5.32 Å². The van der Waals surface area contributed by atoms with E-state index in [2.05, 4.69) is 5.32 Å². The average molecular weight is 501 g/mol. The third-order valence-corrected chi connectivity index (χ3v) is 6.84. The summed E-state index contributed by atoms with van der Waals surface area (Å²) >= 11 is 0. The van der Waals surface area contributed by atoms with Crippen molar-refractivity contribution in [3.63, 3.8) is 0 Å². The molecular formula is C26H29FN2O5S. The summed E-state index contributed by atoms with van der Waals surface area (Å²) < 4.78 is 52.4. The van der Waals surface area contributed by atoms with Gasteiger partial charge in [-0.1, -0.05) is 17.7 Å². The summed E-state index contributed by atoms with van der Waals surface area (Å²) in [4.78, 5) is 12.8. The Hall–Kier alpha value is -3.59. The summed E-state index contributed by atoms with van der Waals surface area (Å²) in [5.74, 6) is 0.157. The number of carbonyl (C=O) groups excluding carboxylic acids is 1. The highest BCUT2D eigenvalue weighted by molar-refractivity contribution is 7.92. The van der Waals surface area contributed by atoms with Crippen LogP contribution in [0.4, 0.5) is 10.1 Å². The van der Waals surface area contributed by atoms with E-state index in [1.54, 1.807) is 19.1 Å². The molecule has 0 aromatic heterocycles. The zero-order valence-corrected chi connectivity index (χ0v) is 20.7. The van der Waals surface area contributed by atoms with Gasteiger partial charge in [0.2, 0.25) is 5.91 Å². The van der Waals surface area contributed by atoms with Crippen molar-refractivity contribution in [3.8, 4) is 11.5 Å². The van der Waals surface area contributed by atoms with Gasteiger partial charge in [-0.25, -0.2) is 12.8 Å². The van der Waals surface area contributed by atoms with E-state index >= 15 is 0 Å². The Morgan fingerprint density at radius 2 is 1.51 bits per heavy atom. The summed E-state index contributed by atoms with van der Waals surface area (Å²) in [6.45, 7) is 5.72. The highest BCUT2D eigenvalue weighted by Crippen LogP contribution is 2.25. The fraction of sp³-hybridized carbons (Fsp3) is 0.269. The largest absolute Gasteiger partial charge is 0.494 e. The summed E-state index contributed by atoms with van der Waals surface area (Å²) in [6.07, 6.45) is 0. The second-order valence-corrected chi connectivity index (χ2v) is 9.85. The van der Waals surface area contributed by atoms with Crippen molar-refractivity contribution in [2.75, 3.05) is 24.1 Å². The van der Waals surface area contributed by atoms with Gasteiger partial charge in [0, 0.05) is 0 Å². The maximum atomic E-state index is 13.5. The number of benzene rings is 3. The lowest BCUT2D eigenvalue weighted by molar-refractivity contribution is -0.120. The molecular weight excluding hydrogens is 471 g/mol. The van der Waals surface area contributed by atoms with Gasteiger partial charge in [0.05, 0.1) is 23.2 Å². The predicted molar refractivity (Wildman–Crippen MR) is 133 cm³/mol. The number of nitrogens with zero attached hydrogens (tertiary/aromatic N) is 1. The van der Waals surface area contributed by atoms with Crippen LogP contribution in [0.1, 0.15) is 19.4 Å². The van der Waals surface area contributed by atoms with Gasteiger partial charge >= 0.3 is 0 Å². The van der Waals surface area contributed by atoms with Crippen LogP contribution in [0.25, 0.3) is 0 Å². The predicted octanol–water partition coefficient (Wildman–Crippen LogP) is 4.31. The molecule has 186 valence electrons. The third kappa shape index (κ3) is 7.19. The summed E-state index contributed by atoms with van der Waals surface area (Å²) in [6, 6.07) is 18.0. The van der Waals surface area contributed by atoms with Crippen LogP contribution in [-0.4, -0.2) is 40.1 Å². The van der Waals surface area contributed by atoms with Crippen molar-refractivity contribution in [2.45, 2.75) is 31.7 Å². The van der Waals surface area contributed by atoms with E-state index in [4.69, 9.17) is 9.47 Å². The zero-order valence-electron chi connectivity index (χ0n) is 19.9. The minimum absolute atomic E-state index is 0.0196. The maximum absolute atomic E-state index is 13.5. The van der Waals surface area contributed by atoms with E-state index in [9.17, 15) is 17.6 Å². The van der Waals surface area contributed by atoms with Gasteiger partial charge in [-0.15, -0.1) is 0 Å². The van der Waals surface area contributed by atoms with Crippen molar-refractivity contribution >= 4 is 21.6 Å². The van der Waals surface area contributed by atoms with E-state index in [-0.39, 0.29) is 23.2 Å². The Morgan fingerprint density at radius 3 is 2.11 bits per heavy atom. The molecule has 1 N–H and O–H groups in total. The van der Waals surface area contributed by atoms with Gasteiger partial charge in [-0.3, -0.25) is 9.10 Å². The standard InChI is InChI=1S/C26H29FN2O5S/c1-4-33-23-13-15-25(16-14-23)35(31,32)29(22-9-7-21(27)8-10-22)17-26(30)28-20(3)18-34-24-11-5-19(2)6-12-24/h5-16,20H,4,17-18H2,1-3H3,(H,28,30). The molecule has 0 spiro atoms. The number of anilines is 1. The maximum Gasteiger partial charge on any atom is 0.264 e. The molecule has 0 aliphatic heterocycles. The normalized spacial score (nSPS) is 12.0. The Balaban J connectivity index is 1.74. The highest BCUT2D eigenvalue weighted by atomic mass is 32.2. The lowest BCUT2D eigenvalue weighted by atomic mass is 10.2. The fourth-order valence-electron chi connectivity index (χ4n) is 3.27. The molecule has 1 atom stereocenters. The Bertz CT molecular complexity index is 1210. The van der Waals surface area contributed by atoms with Gasteiger partial charge in [-0.2, -0.15) is 0 Å². The van der Waals surface area contributed by atoms with Crippen molar-refractivity contribution in [2.24, 2.45) is 0 Å². The van der Waals surface area contributed by atoms with E-state index in [0.717, 1.165) is 22.0 Å². The first-order valence-electron chi connectivity index (χ1n) is 11.2. The lowest BCUT2D eigenvalue weighted by Crippen LogP contribution is -2.45. The number of amides is 1. The molecule has 0 saturated heterocycles. The van der Waals surface area contributed by atoms with Crippen LogP contribution in [0, 0.1) is 12.7 Å². The molecule has 3 aromatic carbocycles. The molecule has 1 amide bonds. The molecule has 0 heterocycles. The Morgan fingerprint density at radius 1 is 0.943 bits per heavy atom. The number of rotatable bonds is 11. The molecule has 1 unspecified atom stereocenters. The number of halogens is 1. The number of ether oxygens (including phenoxy) is 2. The highest BCUT2D eigenvalue weighted by Gasteiger charge is 2.28. The van der Waals surface area contributed by atoms with Crippen LogP contribution in [0.3, 0.4) is 0 Å². The minimum atomic E-state index is -4.13. The van der Waals surface area contributed by atoms with Crippen molar-refractivity contribution < 1.29 is 27.1 Å². The molecule has 3 aromatic rings. The minimum Gasteiger partial charge on any atom is -0.494 e. The number of carbonyl (C=O) groups is 1. The first kappa shape index (κ1) is 26.0. The van der Waals surface area contributed by atoms with Gasteiger partial charge in [0.25, 0.3) is 10.0 Å². The van der Waals surface area contributed by atoms with Crippen LogP contribution in [0.5, 0.6) is 11.5 Å². The van der Waals surface area contributed by atoms with Crippen LogP contribution in [0.2, 0.25) is 0 Å². The molecule has 0 aliphatic rings. The van der Waals surface area contributed by atoms with Crippen LogP contribution in [-0.2, 0) is 14.8 Å². The molecule has 0 fully saturated rings. The van der Waals surface area contributed by atoms with E-state index < -0.39 is 28.3 Å². The second kappa shape index (κ2) is 11.7. The average Bonchev–Trinajstić information content (AvgIpc) is 2.83. The SMILES string of the molecule is CCOc1ccc(S(=O)(=O)N(CC(=O)NC(C)COc2ccc(C)cc2)c2ccc(F)cc2)cc1. The molecule has 7 nitrogen and oxygen atoms in total. The molecule has 9 heteroatoms. The number of sulfonamides is 1. The summed E-state index contributed by atoms with van der Waals surface area (Å²) in [7, 11) is -4.13. The van der Waals surface area contributed by atoms with Gasteiger partial charge in [0.15, 0.2) is 0 Å². The zero-order chi connectivity index (χ0) is 25.4. The molecule has 3 rings (SSSR count). The second-order valence-electron chi connectivity index (χ2n) is 7.99. The van der Waals surface area contributed by atoms with Gasteiger partial charge in [-0.05, 0) is 81.4 Å². The molecule has 0 aliphatic carbocycles. The summed E-state index contributed by atoms with van der Waals surface area (Å²) in [5.41, 5.74) is 1.27. The molecule has 0 saturated carbocycles. The van der Waals surface area contributed by atoms with Crippen LogP contribution >= 0.6 is 0 Å². The number of nitrogens with one attached hydrogen (secondary N) is 1. The van der Waals surface area contributed by atoms with Crippen LogP contribution < -0.4 is 19.1 Å². The quantitative estimate of drug-likeness (QED) is 0.424. The van der Waals surface area contributed by atoms with Crippen molar-refractivity contribution in [1.29, 1.82) is 0 Å². The number of aryl methyl sites for hydroxylation is 1. The van der Waals surface area contributed by atoms with Crippen molar-refractivity contribution in [3.05, 3.63) is 84.2 Å². The van der Waals surface area contributed by atoms with Gasteiger partial charge in [0.1, 0.15) is 30.5 Å². The smallest absolute Gasteiger partial charge is 0.264 e.